The summed E-state index contributed by atoms with van der Waals surface area (Å²) >= 11 is 0. The lowest BCUT2D eigenvalue weighted by Crippen LogP contribution is -2.13. The van der Waals surface area contributed by atoms with E-state index >= 15 is 0 Å². The van der Waals surface area contributed by atoms with Crippen molar-refractivity contribution in [3.8, 4) is 11.5 Å². The lowest BCUT2D eigenvalue weighted by molar-refractivity contribution is 0.111. The van der Waals surface area contributed by atoms with Gasteiger partial charge in [0.15, 0.2) is 11.6 Å². The van der Waals surface area contributed by atoms with Gasteiger partial charge in [0.1, 0.15) is 24.1 Å². The average molecular weight is 290 g/mol. The first-order chi connectivity index (χ1) is 10.1. The summed E-state index contributed by atoms with van der Waals surface area (Å²) in [5.41, 5.74) is 0.473. The first-order valence-corrected chi connectivity index (χ1v) is 5.89. The minimum absolute atomic E-state index is 0.188. The third-order valence-electron chi connectivity index (χ3n) is 2.61. The van der Waals surface area contributed by atoms with Crippen molar-refractivity contribution in [2.24, 2.45) is 0 Å². The molecule has 0 aliphatic rings. The van der Waals surface area contributed by atoms with Gasteiger partial charge < -0.3 is 9.31 Å². The van der Waals surface area contributed by atoms with E-state index in [0.29, 0.717) is 12.6 Å². The summed E-state index contributed by atoms with van der Waals surface area (Å²) in [6, 6.07) is 7.14. The molecule has 2 rings (SSSR count). The Morgan fingerprint density at radius 1 is 0.810 bits per heavy atom. The smallest absolute Gasteiger partial charge is 0.526 e. The highest BCUT2D eigenvalue weighted by atomic mass is 19.1. The van der Waals surface area contributed by atoms with Gasteiger partial charge in [0.05, 0.1) is 0 Å². The van der Waals surface area contributed by atoms with Gasteiger partial charge in [-0.1, -0.05) is 0 Å². The van der Waals surface area contributed by atoms with E-state index in [1.807, 2.05) is 0 Å². The van der Waals surface area contributed by atoms with Crippen LogP contribution in [-0.2, 0) is 0 Å². The molecule has 2 aromatic rings. The van der Waals surface area contributed by atoms with Crippen molar-refractivity contribution >= 4 is 20.3 Å². The fourth-order valence-electron chi connectivity index (χ4n) is 1.56. The van der Waals surface area contributed by atoms with E-state index in [4.69, 9.17) is 9.31 Å². The summed E-state index contributed by atoms with van der Waals surface area (Å²) < 4.78 is 36.8. The zero-order chi connectivity index (χ0) is 15.2. The third-order valence-corrected chi connectivity index (χ3v) is 2.61. The van der Waals surface area contributed by atoms with Gasteiger partial charge in [0.2, 0.25) is 0 Å². The Kier molecular flexibility index (Phi) is 4.66. The maximum atomic E-state index is 13.4. The number of aldehydes is 2. The lowest BCUT2D eigenvalue weighted by Gasteiger charge is -2.09. The Hall–Kier alpha value is -2.70. The number of halogens is 2. The molecule has 2 aromatic carbocycles. The van der Waals surface area contributed by atoms with Crippen LogP contribution in [0.25, 0.3) is 0 Å². The van der Waals surface area contributed by atoms with Crippen LogP contribution in [0.5, 0.6) is 11.5 Å². The van der Waals surface area contributed by atoms with E-state index in [9.17, 15) is 18.4 Å². The predicted molar refractivity (Wildman–Crippen MR) is 72.0 cm³/mol. The zero-order valence-electron chi connectivity index (χ0n) is 10.7. The molecule has 0 aliphatic carbocycles. The molecule has 106 valence electrons. The molecule has 0 fully saturated rings. The summed E-state index contributed by atoms with van der Waals surface area (Å²) in [5.74, 6) is -1.73. The molecule has 0 bridgehead atoms. The molecule has 0 N–H and O–H groups in total. The summed E-state index contributed by atoms with van der Waals surface area (Å²) in [7, 11) is -0.474. The molecule has 0 radical (unpaired) electrons. The zero-order valence-corrected chi connectivity index (χ0v) is 10.7. The molecule has 0 saturated heterocycles. The molecule has 0 aliphatic heterocycles. The van der Waals surface area contributed by atoms with E-state index in [1.165, 1.54) is 24.3 Å². The maximum absolute atomic E-state index is 13.4. The Bertz CT molecular complexity index is 619. The highest BCUT2D eigenvalue weighted by Crippen LogP contribution is 2.20. The van der Waals surface area contributed by atoms with Gasteiger partial charge in [-0.05, 0) is 36.4 Å². The third kappa shape index (κ3) is 3.65. The van der Waals surface area contributed by atoms with Crippen LogP contribution in [0, 0.1) is 11.6 Å². The first kappa shape index (κ1) is 14.7. The number of carbonyl (C=O) groups excluding carboxylic acids is 2. The van der Waals surface area contributed by atoms with Gasteiger partial charge in [-0.25, -0.2) is 8.78 Å². The molecule has 0 amide bonds. The van der Waals surface area contributed by atoms with E-state index in [-0.39, 0.29) is 22.6 Å². The van der Waals surface area contributed by atoms with Crippen LogP contribution in [0.4, 0.5) is 8.78 Å². The van der Waals surface area contributed by atoms with Crippen LogP contribution in [0.15, 0.2) is 36.4 Å². The van der Waals surface area contributed by atoms with Crippen LogP contribution in [0.2, 0.25) is 0 Å². The molecule has 7 heteroatoms. The molecular weight excluding hydrogens is 281 g/mol. The number of benzene rings is 2. The molecule has 0 spiro atoms. The standard InChI is InChI=1S/C14H9BF2O4/c16-11-3-1-9(7-18)5-13(11)20-15-21-14-6-10(8-19)2-4-12(14)17/h1-8,15H. The van der Waals surface area contributed by atoms with Crippen molar-refractivity contribution in [3.63, 3.8) is 0 Å². The van der Waals surface area contributed by atoms with E-state index in [1.54, 1.807) is 0 Å². The molecule has 0 saturated carbocycles. The first-order valence-electron chi connectivity index (χ1n) is 5.89. The average Bonchev–Trinajstić information content (AvgIpc) is 2.51. The Labute approximate surface area is 119 Å². The van der Waals surface area contributed by atoms with Crippen LogP contribution in [-0.4, -0.2) is 20.3 Å². The summed E-state index contributed by atoms with van der Waals surface area (Å²) in [4.78, 5) is 21.2. The highest BCUT2D eigenvalue weighted by Gasteiger charge is 2.09. The van der Waals surface area contributed by atoms with Crippen LogP contribution >= 0.6 is 0 Å². The molecule has 0 heterocycles. The molecule has 0 unspecified atom stereocenters. The van der Waals surface area contributed by atoms with E-state index < -0.39 is 19.3 Å². The molecule has 21 heavy (non-hydrogen) atoms. The summed E-state index contributed by atoms with van der Waals surface area (Å²) in [6.07, 6.45) is 1.08. The van der Waals surface area contributed by atoms with Crippen molar-refractivity contribution in [1.82, 2.24) is 0 Å². The highest BCUT2D eigenvalue weighted by molar-refractivity contribution is 6.20. The normalized spacial score (nSPS) is 9.81. The minimum atomic E-state index is -0.675. The van der Waals surface area contributed by atoms with Crippen molar-refractivity contribution in [3.05, 3.63) is 59.2 Å². The lowest BCUT2D eigenvalue weighted by atomic mass is 10.2. The van der Waals surface area contributed by atoms with Gasteiger partial charge in [-0.3, -0.25) is 9.59 Å². The van der Waals surface area contributed by atoms with Gasteiger partial charge in [-0.2, -0.15) is 0 Å². The SMILES string of the molecule is O=Cc1ccc(F)c(OBOc2cc(C=O)ccc2F)c1. The quantitative estimate of drug-likeness (QED) is 0.605. The van der Waals surface area contributed by atoms with Crippen molar-refractivity contribution in [1.29, 1.82) is 0 Å². The Balaban J connectivity index is 2.04. The second-order valence-electron chi connectivity index (χ2n) is 4.02. The van der Waals surface area contributed by atoms with E-state index in [2.05, 4.69) is 0 Å². The molecule has 0 atom stereocenters. The number of hydrogen-bond acceptors (Lipinski definition) is 4. The number of rotatable bonds is 6. The molecule has 0 aromatic heterocycles. The monoisotopic (exact) mass is 290 g/mol. The van der Waals surface area contributed by atoms with Crippen LogP contribution in [0.3, 0.4) is 0 Å². The second kappa shape index (κ2) is 6.65. The van der Waals surface area contributed by atoms with Gasteiger partial charge in [-0.15, -0.1) is 0 Å². The Morgan fingerprint density at radius 2 is 1.24 bits per heavy atom. The summed E-state index contributed by atoms with van der Waals surface area (Å²) in [6.45, 7) is 0. The predicted octanol–water partition coefficient (Wildman–Crippen LogP) is 2.31. The fourth-order valence-corrected chi connectivity index (χ4v) is 1.56. The van der Waals surface area contributed by atoms with Crippen LogP contribution in [0.1, 0.15) is 20.7 Å². The van der Waals surface area contributed by atoms with Gasteiger partial charge in [0.25, 0.3) is 0 Å². The fraction of sp³-hybridized carbons (Fsp3) is 0. The van der Waals surface area contributed by atoms with Gasteiger partial charge >= 0.3 is 7.69 Å². The van der Waals surface area contributed by atoms with E-state index in [0.717, 1.165) is 12.1 Å². The summed E-state index contributed by atoms with van der Waals surface area (Å²) in [5, 5.41) is 0. The number of carbonyl (C=O) groups is 2. The van der Waals surface area contributed by atoms with Crippen molar-refractivity contribution in [2.45, 2.75) is 0 Å². The maximum Gasteiger partial charge on any atom is 0.576 e. The minimum Gasteiger partial charge on any atom is -0.526 e. The van der Waals surface area contributed by atoms with Crippen LogP contribution < -0.4 is 9.31 Å². The molecule has 4 nitrogen and oxygen atoms in total. The number of hydrogen-bond donors (Lipinski definition) is 0. The van der Waals surface area contributed by atoms with Crippen molar-refractivity contribution in [2.75, 3.05) is 0 Å². The largest absolute Gasteiger partial charge is 0.576 e. The van der Waals surface area contributed by atoms with Gasteiger partial charge in [0, 0.05) is 11.1 Å². The molecular formula is C14H9BF2O4. The Morgan fingerprint density at radius 3 is 1.62 bits per heavy atom. The topological polar surface area (TPSA) is 52.6 Å². The van der Waals surface area contributed by atoms with Crippen molar-refractivity contribution < 1.29 is 27.7 Å². The second-order valence-corrected chi connectivity index (χ2v) is 4.02.